The van der Waals surface area contributed by atoms with Crippen molar-refractivity contribution in [2.24, 2.45) is 0 Å². The molecule has 2 atom stereocenters. The number of hydrogen-bond donors (Lipinski definition) is 1. The predicted octanol–water partition coefficient (Wildman–Crippen LogP) is 1.60. The van der Waals surface area contributed by atoms with Gasteiger partial charge in [-0.05, 0) is 39.8 Å². The number of ether oxygens (including phenoxy) is 1. The number of likely N-dealkylation sites (tertiary alicyclic amines) is 1. The molecule has 1 aromatic carbocycles. The number of carbonyl (C=O) groups excluding carboxylic acids is 2. The van der Waals surface area contributed by atoms with Gasteiger partial charge in [-0.15, -0.1) is 0 Å². The number of aryl methyl sites for hydroxylation is 1. The zero-order chi connectivity index (χ0) is 19.7. The summed E-state index contributed by atoms with van der Waals surface area (Å²) in [5.41, 5.74) is 0.0536. The lowest BCUT2D eigenvalue weighted by Gasteiger charge is -2.27. The highest BCUT2D eigenvalue weighted by molar-refractivity contribution is 7.87. The van der Waals surface area contributed by atoms with Crippen molar-refractivity contribution >= 4 is 22.2 Å². The normalized spacial score (nSPS) is 20.7. The maximum atomic E-state index is 12.4. The van der Waals surface area contributed by atoms with E-state index in [0.717, 1.165) is 10.5 Å². The Morgan fingerprint density at radius 3 is 2.31 bits per heavy atom. The molecule has 8 nitrogen and oxygen atoms in total. The number of hydrogen-bond acceptors (Lipinski definition) is 7. The molecule has 0 bridgehead atoms. The molecule has 0 saturated carbocycles. The Labute approximate surface area is 152 Å². The summed E-state index contributed by atoms with van der Waals surface area (Å²) in [6.45, 7) is 6.63. The lowest BCUT2D eigenvalue weighted by Crippen LogP contribution is -2.44. The average molecular weight is 385 g/mol. The maximum absolute atomic E-state index is 12.4. The van der Waals surface area contributed by atoms with Gasteiger partial charge < -0.3 is 14.0 Å². The second-order valence-electron chi connectivity index (χ2n) is 7.21. The van der Waals surface area contributed by atoms with E-state index >= 15 is 0 Å². The number of rotatable bonds is 3. The predicted molar refractivity (Wildman–Crippen MR) is 91.8 cm³/mol. The zero-order valence-electron chi connectivity index (χ0n) is 15.1. The van der Waals surface area contributed by atoms with E-state index in [1.54, 1.807) is 39.8 Å². The summed E-state index contributed by atoms with van der Waals surface area (Å²) in [6.07, 6.45) is -1.91. The van der Waals surface area contributed by atoms with Crippen molar-refractivity contribution in [3.63, 3.8) is 0 Å². The highest BCUT2D eigenvalue weighted by Gasteiger charge is 2.43. The summed E-state index contributed by atoms with van der Waals surface area (Å²) >= 11 is 0. The van der Waals surface area contributed by atoms with Crippen LogP contribution in [0.4, 0.5) is 4.79 Å². The minimum Gasteiger partial charge on any atom is -0.444 e. The van der Waals surface area contributed by atoms with Crippen molar-refractivity contribution in [3.8, 4) is 0 Å². The van der Waals surface area contributed by atoms with Gasteiger partial charge in [0.25, 0.3) is 0 Å². The van der Waals surface area contributed by atoms with Crippen molar-refractivity contribution in [3.05, 3.63) is 29.8 Å². The van der Waals surface area contributed by atoms with Crippen molar-refractivity contribution < 1.29 is 32.0 Å². The number of carbonyl (C=O) groups is 2. The highest BCUT2D eigenvalue weighted by atomic mass is 32.2. The first-order valence-electron chi connectivity index (χ1n) is 8.12. The molecule has 1 fully saturated rings. The van der Waals surface area contributed by atoms with Crippen LogP contribution in [0.5, 0.6) is 0 Å². The second kappa shape index (κ2) is 7.24. The Kier molecular flexibility index (Phi) is 5.62. The molecule has 2 rings (SSSR count). The third kappa shape index (κ3) is 4.95. The highest BCUT2D eigenvalue weighted by Crippen LogP contribution is 2.24. The molecule has 1 N–H and O–H groups in total. The number of amides is 1. The van der Waals surface area contributed by atoms with Gasteiger partial charge in [-0.3, -0.25) is 4.90 Å². The number of aliphatic hydroxyl groups excluding tert-OH is 1. The number of benzene rings is 1. The van der Waals surface area contributed by atoms with Gasteiger partial charge in [0.05, 0.1) is 12.6 Å². The molecule has 1 aromatic rings. The van der Waals surface area contributed by atoms with Crippen LogP contribution >= 0.6 is 0 Å². The standard InChI is InChI=1S/C17H23NO7S/c1-11-5-7-13(8-6-11)26(22,23)25-15(20)14-9-12(19)10-18(14)16(21)24-17(2,3)4/h5-8,12,14,19H,9-10H2,1-4H3/t12-,14+/m1/s1. The average Bonchev–Trinajstić information content (AvgIpc) is 2.88. The molecule has 1 amide bonds. The lowest BCUT2D eigenvalue weighted by molar-refractivity contribution is -0.138. The largest absolute Gasteiger partial charge is 0.444 e. The van der Waals surface area contributed by atoms with Gasteiger partial charge >= 0.3 is 22.2 Å². The van der Waals surface area contributed by atoms with Crippen LogP contribution in [-0.4, -0.2) is 54.8 Å². The number of nitrogens with zero attached hydrogens (tertiary/aromatic N) is 1. The SMILES string of the molecule is Cc1ccc(S(=O)(=O)OC(=O)[C@@H]2C[C@@H](O)CN2C(=O)OC(C)(C)C)cc1. The monoisotopic (exact) mass is 385 g/mol. The van der Waals surface area contributed by atoms with E-state index in [0.29, 0.717) is 0 Å². The van der Waals surface area contributed by atoms with Crippen molar-refractivity contribution in [1.82, 2.24) is 4.90 Å². The second-order valence-corrected chi connectivity index (χ2v) is 8.75. The van der Waals surface area contributed by atoms with Crippen molar-refractivity contribution in [2.45, 2.75) is 56.8 Å². The molecular formula is C17H23NO7S. The minimum atomic E-state index is -4.33. The Balaban J connectivity index is 2.16. The molecule has 9 heteroatoms. The van der Waals surface area contributed by atoms with Crippen LogP contribution in [0, 0.1) is 6.92 Å². The first-order valence-corrected chi connectivity index (χ1v) is 9.52. The fourth-order valence-corrected chi connectivity index (χ4v) is 3.37. The molecule has 26 heavy (non-hydrogen) atoms. The Morgan fingerprint density at radius 1 is 1.19 bits per heavy atom. The molecule has 0 spiro atoms. The summed E-state index contributed by atoms with van der Waals surface area (Å²) in [5, 5.41) is 9.81. The smallest absolute Gasteiger partial charge is 0.411 e. The fraction of sp³-hybridized carbons (Fsp3) is 0.529. The van der Waals surface area contributed by atoms with Crippen LogP contribution in [0.25, 0.3) is 0 Å². The molecule has 1 saturated heterocycles. The van der Waals surface area contributed by atoms with E-state index in [-0.39, 0.29) is 17.9 Å². The third-order valence-corrected chi connectivity index (χ3v) is 4.91. The quantitative estimate of drug-likeness (QED) is 0.787. The fourth-order valence-electron chi connectivity index (χ4n) is 2.48. The molecule has 0 radical (unpaired) electrons. The van der Waals surface area contributed by atoms with Crippen LogP contribution in [0.1, 0.15) is 32.8 Å². The van der Waals surface area contributed by atoms with Gasteiger partial charge in [-0.2, -0.15) is 8.42 Å². The Hall–Kier alpha value is -2.13. The number of aliphatic hydroxyl groups is 1. The summed E-state index contributed by atoms with van der Waals surface area (Å²) in [7, 11) is -4.33. The Morgan fingerprint density at radius 2 is 1.77 bits per heavy atom. The van der Waals surface area contributed by atoms with Gasteiger partial charge in [-0.1, -0.05) is 17.7 Å². The molecule has 0 unspecified atom stereocenters. The van der Waals surface area contributed by atoms with E-state index in [4.69, 9.17) is 4.74 Å². The lowest BCUT2D eigenvalue weighted by atomic mass is 10.2. The molecule has 1 aliphatic heterocycles. The van der Waals surface area contributed by atoms with E-state index in [1.807, 2.05) is 0 Å². The van der Waals surface area contributed by atoms with E-state index in [9.17, 15) is 23.1 Å². The van der Waals surface area contributed by atoms with Crippen LogP contribution in [-0.2, 0) is 23.8 Å². The van der Waals surface area contributed by atoms with Crippen LogP contribution in [0.3, 0.4) is 0 Å². The van der Waals surface area contributed by atoms with E-state index in [1.165, 1.54) is 12.1 Å². The summed E-state index contributed by atoms with van der Waals surface area (Å²) in [6, 6.07) is 4.57. The van der Waals surface area contributed by atoms with Gasteiger partial charge in [0.15, 0.2) is 0 Å². The molecule has 1 heterocycles. The first kappa shape index (κ1) is 20.2. The van der Waals surface area contributed by atoms with Crippen LogP contribution in [0.2, 0.25) is 0 Å². The van der Waals surface area contributed by atoms with Crippen LogP contribution < -0.4 is 0 Å². The molecular weight excluding hydrogens is 362 g/mol. The van der Waals surface area contributed by atoms with Crippen LogP contribution in [0.15, 0.2) is 29.2 Å². The minimum absolute atomic E-state index is 0.124. The number of β-amino-alcohol motifs (C(OH)–C–C–N with tert-alkyl or cyclic N) is 1. The topological polar surface area (TPSA) is 110 Å². The Bertz CT molecular complexity index is 780. The van der Waals surface area contributed by atoms with Crippen molar-refractivity contribution in [1.29, 1.82) is 0 Å². The van der Waals surface area contributed by atoms with Gasteiger partial charge in [-0.25, -0.2) is 9.59 Å². The van der Waals surface area contributed by atoms with E-state index in [2.05, 4.69) is 4.18 Å². The zero-order valence-corrected chi connectivity index (χ0v) is 15.9. The van der Waals surface area contributed by atoms with Gasteiger partial charge in [0, 0.05) is 6.42 Å². The van der Waals surface area contributed by atoms with E-state index < -0.39 is 39.9 Å². The maximum Gasteiger partial charge on any atom is 0.411 e. The van der Waals surface area contributed by atoms with Gasteiger partial charge in [0.2, 0.25) is 0 Å². The van der Waals surface area contributed by atoms with Crippen molar-refractivity contribution in [2.75, 3.05) is 6.54 Å². The summed E-state index contributed by atoms with van der Waals surface area (Å²) < 4.78 is 34.4. The first-order chi connectivity index (χ1) is 11.9. The third-order valence-electron chi connectivity index (χ3n) is 3.68. The molecule has 0 aromatic heterocycles. The van der Waals surface area contributed by atoms with Gasteiger partial charge in [0.1, 0.15) is 16.5 Å². The summed E-state index contributed by atoms with van der Waals surface area (Å²) in [4.78, 5) is 25.4. The summed E-state index contributed by atoms with van der Waals surface area (Å²) in [5.74, 6) is -1.13. The molecule has 1 aliphatic rings. The molecule has 0 aliphatic carbocycles. The molecule has 144 valence electrons.